The molecule has 3 N–H and O–H groups in total. The van der Waals surface area contributed by atoms with Gasteiger partial charge in [-0.1, -0.05) is 12.1 Å². The maximum absolute atomic E-state index is 11.1. The number of ether oxygens (including phenoxy) is 2. The molecule has 0 aliphatic carbocycles. The number of hydrogen-bond donors (Lipinski definition) is 3. The molecule has 1 fully saturated rings. The van der Waals surface area contributed by atoms with E-state index < -0.39 is 6.09 Å². The minimum absolute atomic E-state index is 0.275. The van der Waals surface area contributed by atoms with Gasteiger partial charge in [-0.3, -0.25) is 10.3 Å². The lowest BCUT2D eigenvalue weighted by Crippen LogP contribution is -2.40. The fraction of sp³-hybridized carbons (Fsp3) is 0.500. The van der Waals surface area contributed by atoms with Crippen molar-refractivity contribution in [3.8, 4) is 0 Å². The molecule has 1 aromatic rings. The summed E-state index contributed by atoms with van der Waals surface area (Å²) in [7, 11) is 3.08. The fourth-order valence-electron chi connectivity index (χ4n) is 2.30. The van der Waals surface area contributed by atoms with Crippen molar-refractivity contribution in [2.45, 2.75) is 25.5 Å². The molecule has 1 amide bonds. The second kappa shape index (κ2) is 8.99. The average Bonchev–Trinajstić information content (AvgIpc) is 3.09. The minimum Gasteiger partial charge on any atom is -0.453 e. The molecule has 1 unspecified atom stereocenters. The van der Waals surface area contributed by atoms with Crippen LogP contribution in [0.1, 0.15) is 18.4 Å². The molecule has 7 heteroatoms. The van der Waals surface area contributed by atoms with Gasteiger partial charge in [0.2, 0.25) is 0 Å². The van der Waals surface area contributed by atoms with E-state index in [1.165, 1.54) is 7.11 Å². The maximum atomic E-state index is 11.1. The van der Waals surface area contributed by atoms with Crippen LogP contribution in [0.4, 0.5) is 10.5 Å². The smallest absolute Gasteiger partial charge is 0.411 e. The van der Waals surface area contributed by atoms with Crippen LogP contribution in [0.2, 0.25) is 0 Å². The summed E-state index contributed by atoms with van der Waals surface area (Å²) in [5, 5.41) is 9.13. The van der Waals surface area contributed by atoms with Crippen LogP contribution >= 0.6 is 0 Å². The third-order valence-electron chi connectivity index (χ3n) is 3.59. The standard InChI is InChI=1S/C16H24N4O3/c1-17-15(19-11-14-4-3-9-23-14)18-10-12-5-7-13(8-6-12)20-16(21)22-2/h5-8,14H,3-4,9-11H2,1-2H3,(H,20,21)(H2,17,18,19). The van der Waals surface area contributed by atoms with Crippen molar-refractivity contribution in [3.63, 3.8) is 0 Å². The summed E-state index contributed by atoms with van der Waals surface area (Å²) in [6.07, 6.45) is 2.02. The summed E-state index contributed by atoms with van der Waals surface area (Å²) < 4.78 is 10.1. The number of aliphatic imine (C=N–C) groups is 1. The van der Waals surface area contributed by atoms with Crippen LogP contribution in [-0.2, 0) is 16.0 Å². The number of carbonyl (C=O) groups excluding carboxylic acids is 1. The van der Waals surface area contributed by atoms with E-state index in [2.05, 4.69) is 25.7 Å². The quantitative estimate of drug-likeness (QED) is 0.568. The summed E-state index contributed by atoms with van der Waals surface area (Å²) in [4.78, 5) is 15.3. The van der Waals surface area contributed by atoms with Crippen molar-refractivity contribution in [1.82, 2.24) is 10.6 Å². The maximum Gasteiger partial charge on any atom is 0.411 e. The number of methoxy groups -OCH3 is 1. The van der Waals surface area contributed by atoms with Gasteiger partial charge < -0.3 is 20.1 Å². The second-order valence-electron chi connectivity index (χ2n) is 5.26. The molecule has 1 aliphatic heterocycles. The minimum atomic E-state index is -0.477. The number of carbonyl (C=O) groups is 1. The molecular weight excluding hydrogens is 296 g/mol. The van der Waals surface area contributed by atoms with Gasteiger partial charge in [-0.25, -0.2) is 4.79 Å². The predicted octanol–water partition coefficient (Wildman–Crippen LogP) is 1.71. The van der Waals surface area contributed by atoms with Crippen LogP contribution in [0.15, 0.2) is 29.3 Å². The largest absolute Gasteiger partial charge is 0.453 e. The molecular formula is C16H24N4O3. The number of guanidine groups is 1. The first-order valence-corrected chi connectivity index (χ1v) is 7.71. The molecule has 0 saturated carbocycles. The fourth-order valence-corrected chi connectivity index (χ4v) is 2.30. The molecule has 7 nitrogen and oxygen atoms in total. The normalized spacial score (nSPS) is 17.7. The second-order valence-corrected chi connectivity index (χ2v) is 5.26. The van der Waals surface area contributed by atoms with Crippen LogP contribution in [0.25, 0.3) is 0 Å². The highest BCUT2D eigenvalue weighted by Crippen LogP contribution is 2.11. The molecule has 2 rings (SSSR count). The summed E-state index contributed by atoms with van der Waals surface area (Å²) in [5.41, 5.74) is 1.78. The van der Waals surface area contributed by atoms with Gasteiger partial charge in [-0.2, -0.15) is 0 Å². The number of nitrogens with one attached hydrogen (secondary N) is 3. The zero-order valence-corrected chi connectivity index (χ0v) is 13.6. The molecule has 126 valence electrons. The van der Waals surface area contributed by atoms with Crippen LogP contribution in [-0.4, -0.2) is 45.5 Å². The Kier molecular flexibility index (Phi) is 6.68. The molecule has 0 aromatic heterocycles. The number of rotatable bonds is 5. The Labute approximate surface area is 136 Å². The zero-order chi connectivity index (χ0) is 16.5. The molecule has 1 heterocycles. The highest BCUT2D eigenvalue weighted by Gasteiger charge is 2.15. The van der Waals surface area contributed by atoms with E-state index in [0.717, 1.165) is 37.5 Å². The number of anilines is 1. The van der Waals surface area contributed by atoms with E-state index >= 15 is 0 Å². The predicted molar refractivity (Wildman–Crippen MR) is 89.6 cm³/mol. The Morgan fingerprint density at radius 2 is 2.13 bits per heavy atom. The number of amides is 1. The molecule has 0 radical (unpaired) electrons. The van der Waals surface area contributed by atoms with Gasteiger partial charge in [0.15, 0.2) is 5.96 Å². The van der Waals surface area contributed by atoms with Crippen LogP contribution in [0.3, 0.4) is 0 Å². The van der Waals surface area contributed by atoms with E-state index in [0.29, 0.717) is 12.2 Å². The van der Waals surface area contributed by atoms with Crippen molar-refractivity contribution < 1.29 is 14.3 Å². The SMILES string of the molecule is CN=C(NCc1ccc(NC(=O)OC)cc1)NCC1CCCO1. The summed E-state index contributed by atoms with van der Waals surface area (Å²) in [5.74, 6) is 0.747. The lowest BCUT2D eigenvalue weighted by Gasteiger charge is -2.15. The number of hydrogen-bond acceptors (Lipinski definition) is 4. The van der Waals surface area contributed by atoms with Crippen molar-refractivity contribution in [2.24, 2.45) is 4.99 Å². The summed E-state index contributed by atoms with van der Waals surface area (Å²) in [6, 6.07) is 7.53. The number of nitrogens with zero attached hydrogens (tertiary/aromatic N) is 1. The first-order valence-electron chi connectivity index (χ1n) is 7.71. The first-order chi connectivity index (χ1) is 11.2. The average molecular weight is 320 g/mol. The van der Waals surface area contributed by atoms with Gasteiger partial charge in [-0.15, -0.1) is 0 Å². The molecule has 1 saturated heterocycles. The van der Waals surface area contributed by atoms with Gasteiger partial charge in [0.05, 0.1) is 13.2 Å². The van der Waals surface area contributed by atoms with Crippen molar-refractivity contribution in [3.05, 3.63) is 29.8 Å². The number of benzene rings is 1. The zero-order valence-electron chi connectivity index (χ0n) is 13.6. The van der Waals surface area contributed by atoms with E-state index in [1.807, 2.05) is 24.3 Å². The molecule has 0 bridgehead atoms. The molecule has 1 aliphatic rings. The van der Waals surface area contributed by atoms with E-state index in [4.69, 9.17) is 4.74 Å². The van der Waals surface area contributed by atoms with Crippen LogP contribution < -0.4 is 16.0 Å². The molecule has 1 atom stereocenters. The van der Waals surface area contributed by atoms with Gasteiger partial charge in [0.1, 0.15) is 0 Å². The topological polar surface area (TPSA) is 84.0 Å². The van der Waals surface area contributed by atoms with Gasteiger partial charge in [0.25, 0.3) is 0 Å². The molecule has 23 heavy (non-hydrogen) atoms. The Balaban J connectivity index is 1.75. The molecule has 1 aromatic carbocycles. The summed E-state index contributed by atoms with van der Waals surface area (Å²) in [6.45, 7) is 2.26. The monoisotopic (exact) mass is 320 g/mol. The highest BCUT2D eigenvalue weighted by atomic mass is 16.5. The first kappa shape index (κ1) is 17.1. The van der Waals surface area contributed by atoms with E-state index in [1.54, 1.807) is 7.05 Å². The third kappa shape index (κ3) is 5.78. The van der Waals surface area contributed by atoms with E-state index in [9.17, 15) is 4.79 Å². The van der Waals surface area contributed by atoms with Crippen LogP contribution in [0, 0.1) is 0 Å². The van der Waals surface area contributed by atoms with E-state index in [-0.39, 0.29) is 6.10 Å². The highest BCUT2D eigenvalue weighted by molar-refractivity contribution is 5.84. The lowest BCUT2D eigenvalue weighted by molar-refractivity contribution is 0.114. The Bertz CT molecular complexity index is 525. The summed E-state index contributed by atoms with van der Waals surface area (Å²) >= 11 is 0. The van der Waals surface area contributed by atoms with Crippen molar-refractivity contribution >= 4 is 17.7 Å². The Hall–Kier alpha value is -2.28. The Morgan fingerprint density at radius 3 is 2.74 bits per heavy atom. The third-order valence-corrected chi connectivity index (χ3v) is 3.59. The molecule has 0 spiro atoms. The Morgan fingerprint density at radius 1 is 1.35 bits per heavy atom. The van der Waals surface area contributed by atoms with Gasteiger partial charge in [0, 0.05) is 32.4 Å². The lowest BCUT2D eigenvalue weighted by atomic mass is 10.2. The van der Waals surface area contributed by atoms with Gasteiger partial charge >= 0.3 is 6.09 Å². The van der Waals surface area contributed by atoms with Crippen molar-refractivity contribution in [1.29, 1.82) is 0 Å². The van der Waals surface area contributed by atoms with Gasteiger partial charge in [-0.05, 0) is 30.5 Å². The van der Waals surface area contributed by atoms with Crippen LogP contribution in [0.5, 0.6) is 0 Å². The van der Waals surface area contributed by atoms with Crippen molar-refractivity contribution in [2.75, 3.05) is 32.6 Å².